The van der Waals surface area contributed by atoms with Crippen molar-refractivity contribution in [2.45, 2.75) is 118 Å². The van der Waals surface area contributed by atoms with Crippen LogP contribution in [0.25, 0.3) is 0 Å². The molecule has 2 aliphatic heterocycles. The molecule has 2 heterocycles. The molecule has 424 valence electrons. The van der Waals surface area contributed by atoms with Crippen LogP contribution in [0.3, 0.4) is 0 Å². The van der Waals surface area contributed by atoms with Gasteiger partial charge in [0.15, 0.2) is 0 Å². The van der Waals surface area contributed by atoms with Crippen molar-refractivity contribution in [3.63, 3.8) is 0 Å². The average molecular weight is 1160 g/mol. The zero-order valence-corrected chi connectivity index (χ0v) is 50.0. The minimum absolute atomic E-state index is 0. The molecule has 0 saturated carbocycles. The highest BCUT2D eigenvalue weighted by atomic mass is 35.5. The lowest BCUT2D eigenvalue weighted by atomic mass is 9.91. The van der Waals surface area contributed by atoms with Crippen LogP contribution < -0.4 is 5.73 Å². The largest absolute Gasteiger partial charge is 0.460 e. The van der Waals surface area contributed by atoms with E-state index in [1.807, 2.05) is 133 Å². The van der Waals surface area contributed by atoms with Crippen LogP contribution in [0, 0.1) is 23.7 Å². The molecule has 0 amide bonds. The fraction of sp³-hybridized carbons (Fsp3) is 0.550. The van der Waals surface area contributed by atoms with Crippen molar-refractivity contribution in [1.29, 1.82) is 0 Å². The van der Waals surface area contributed by atoms with Crippen molar-refractivity contribution in [1.82, 2.24) is 0 Å². The van der Waals surface area contributed by atoms with Crippen molar-refractivity contribution >= 4 is 78.3 Å². The van der Waals surface area contributed by atoms with Gasteiger partial charge in [-0.3, -0.25) is 23.3 Å². The van der Waals surface area contributed by atoms with Crippen molar-refractivity contribution in [3.8, 4) is 0 Å². The summed E-state index contributed by atoms with van der Waals surface area (Å²) in [5.74, 6) is -1.05. The third-order valence-corrected chi connectivity index (χ3v) is 14.8. The summed E-state index contributed by atoms with van der Waals surface area (Å²) in [4.78, 5) is 38.1. The van der Waals surface area contributed by atoms with Crippen LogP contribution in [-0.2, 0) is 38.1 Å². The van der Waals surface area contributed by atoms with Crippen LogP contribution >= 0.6 is 60.4 Å². The van der Waals surface area contributed by atoms with Crippen LogP contribution in [0.5, 0.6) is 0 Å². The number of nitrogens with two attached hydrogens (primary N) is 1. The summed E-state index contributed by atoms with van der Waals surface area (Å²) in [6.45, 7) is 21.2. The van der Waals surface area contributed by atoms with Gasteiger partial charge in [0.25, 0.3) is 0 Å². The molecule has 6 rings (SSSR count). The van der Waals surface area contributed by atoms with Crippen LogP contribution in [0.15, 0.2) is 109 Å². The second-order valence-corrected chi connectivity index (χ2v) is 22.7. The number of hydrogen-bond donors (Lipinski definition) is 1. The summed E-state index contributed by atoms with van der Waals surface area (Å²) in [6.07, 6.45) is 7.15. The molecule has 16 heteroatoms. The lowest BCUT2D eigenvalue weighted by Gasteiger charge is -2.41. The van der Waals surface area contributed by atoms with E-state index in [1.54, 1.807) is 0 Å². The summed E-state index contributed by atoms with van der Waals surface area (Å²) in [7, 11) is 0. The number of piperidine rings is 2. The van der Waals surface area contributed by atoms with E-state index in [0.29, 0.717) is 54.2 Å². The summed E-state index contributed by atoms with van der Waals surface area (Å²) < 4.78 is 31.7. The first-order valence-corrected chi connectivity index (χ1v) is 27.5. The maximum Gasteiger partial charge on any atom is 0.314 e. The fourth-order valence-electron chi connectivity index (χ4n) is 9.87. The maximum absolute atomic E-state index is 13.2. The molecule has 0 aliphatic carbocycles. The van der Waals surface area contributed by atoms with Crippen LogP contribution in [0.4, 0.5) is 0 Å². The van der Waals surface area contributed by atoms with Gasteiger partial charge in [0, 0.05) is 23.0 Å². The molecule has 0 aromatic heterocycles. The van der Waals surface area contributed by atoms with Crippen molar-refractivity contribution in [2.24, 2.45) is 29.4 Å². The second kappa shape index (κ2) is 34.5. The Morgan fingerprint density at radius 1 is 0.539 bits per heavy atom. The Morgan fingerprint density at radius 3 is 1.24 bits per heavy atom. The Hall–Kier alpha value is -3.46. The minimum atomic E-state index is -0.537. The molecule has 2 N–H and O–H groups in total. The van der Waals surface area contributed by atoms with Gasteiger partial charge in [0.1, 0.15) is 30.9 Å². The normalized spacial score (nSPS) is 16.4. The van der Waals surface area contributed by atoms with Gasteiger partial charge >= 0.3 is 17.9 Å². The molecule has 2 aliphatic rings. The number of rotatable bonds is 24. The standard InChI is InChI=1S/C33H47ClNO5.C27H38ClN2O3.3ClH/c1-25(2)29(18-19-30(36)40-33(3,4)5)32(37)39-24-35(20-10-7-11-21-35)22-23-38-31(26-12-8-6-9-13-26)27-14-16-28(34)17-15-27;1-21(2)25(19-29)27(31)33-20-30(15-7-4-8-16-30)17-18-32-26(22-9-5-3-6-10-22)23-11-13-24(28)14-12-23;;;/h6,8-9,12-17,25,29,31H,7,10-11,18-24H2,1-5H3;3,5-6,9-14,21,25-26H,4,7-8,15-20,29H2,1-2H3;3*1H/q2*+1;;;. The predicted octanol–water partition coefficient (Wildman–Crippen LogP) is 13.8. The third-order valence-electron chi connectivity index (χ3n) is 14.3. The Morgan fingerprint density at radius 2 is 0.895 bits per heavy atom. The molecule has 0 spiro atoms. The number of halogens is 5. The Bertz CT molecular complexity index is 2240. The summed E-state index contributed by atoms with van der Waals surface area (Å²) >= 11 is 12.2. The van der Waals surface area contributed by atoms with Crippen molar-refractivity contribution < 1.29 is 47.0 Å². The first kappa shape index (κ1) is 68.6. The van der Waals surface area contributed by atoms with Crippen LogP contribution in [0.1, 0.15) is 134 Å². The lowest BCUT2D eigenvalue weighted by Crippen LogP contribution is -2.55. The number of quaternary nitrogens is 2. The van der Waals surface area contributed by atoms with Gasteiger partial charge in [-0.05, 0) is 124 Å². The number of carbonyl (C=O) groups is 3. The fourth-order valence-corrected chi connectivity index (χ4v) is 10.1. The van der Waals surface area contributed by atoms with Gasteiger partial charge in [-0.2, -0.15) is 0 Å². The zero-order chi connectivity index (χ0) is 52.9. The molecule has 4 atom stereocenters. The quantitative estimate of drug-likeness (QED) is 0.0415. The number of hydrogen-bond acceptors (Lipinski definition) is 9. The summed E-state index contributed by atoms with van der Waals surface area (Å²) in [6, 6.07) is 36.1. The number of likely N-dealkylation sites (tertiary alicyclic amines) is 2. The highest BCUT2D eigenvalue weighted by Crippen LogP contribution is 2.31. The van der Waals surface area contributed by atoms with Gasteiger partial charge in [-0.25, -0.2) is 0 Å². The molecule has 2 fully saturated rings. The lowest BCUT2D eigenvalue weighted by molar-refractivity contribution is -0.948. The van der Waals surface area contributed by atoms with Gasteiger partial charge in [0.2, 0.25) is 13.5 Å². The number of benzene rings is 4. The highest BCUT2D eigenvalue weighted by Gasteiger charge is 2.36. The van der Waals surface area contributed by atoms with E-state index < -0.39 is 5.60 Å². The van der Waals surface area contributed by atoms with Gasteiger partial charge in [0.05, 0.1) is 51.2 Å². The SMILES string of the molecule is CC(C)C(CCC(=O)OC(C)(C)C)C(=O)OC[N+]1(CCOC(c2ccccc2)c2ccc(Cl)cc2)CCCCC1.CC(C)C(CN)C(=O)OC[N+]1(CCOC(c2ccccc2)c2ccc(Cl)cc2)CCCCC1.Cl.Cl.Cl. The molecule has 4 unspecified atom stereocenters. The Labute approximate surface area is 483 Å². The van der Waals surface area contributed by atoms with Crippen LogP contribution in [0.2, 0.25) is 10.0 Å². The third kappa shape index (κ3) is 22.7. The van der Waals surface area contributed by atoms with E-state index in [9.17, 15) is 14.4 Å². The molecule has 0 bridgehead atoms. The van der Waals surface area contributed by atoms with E-state index >= 15 is 0 Å². The first-order chi connectivity index (χ1) is 34.9. The maximum atomic E-state index is 13.2. The minimum Gasteiger partial charge on any atom is -0.460 e. The van der Waals surface area contributed by atoms with E-state index in [0.717, 1.165) is 91.7 Å². The van der Waals surface area contributed by atoms with Gasteiger partial charge < -0.3 is 29.4 Å². The molecular weight excluding hydrogens is 1070 g/mol. The second-order valence-electron chi connectivity index (χ2n) is 21.8. The molecule has 11 nitrogen and oxygen atoms in total. The Kier molecular flexibility index (Phi) is 31.2. The smallest absolute Gasteiger partial charge is 0.314 e. The van der Waals surface area contributed by atoms with Crippen molar-refractivity contribution in [3.05, 3.63) is 141 Å². The zero-order valence-electron chi connectivity index (χ0n) is 46.0. The number of esters is 3. The molecular formula is C60H88Cl5N3O8+2. The number of ether oxygens (including phenoxy) is 5. The van der Waals surface area contributed by atoms with E-state index in [-0.39, 0.29) is 97.4 Å². The van der Waals surface area contributed by atoms with E-state index in [4.69, 9.17) is 52.6 Å². The van der Waals surface area contributed by atoms with Gasteiger partial charge in [-0.15, -0.1) is 37.2 Å². The van der Waals surface area contributed by atoms with Gasteiger partial charge in [-0.1, -0.05) is 136 Å². The Balaban J connectivity index is 0.000000508. The summed E-state index contributed by atoms with van der Waals surface area (Å²) in [5, 5.41) is 1.41. The van der Waals surface area contributed by atoms with Crippen LogP contribution in [-0.4, -0.2) is 105 Å². The molecule has 4 aromatic rings. The van der Waals surface area contributed by atoms with Crippen molar-refractivity contribution in [2.75, 3.05) is 72.5 Å². The monoisotopic (exact) mass is 1150 g/mol. The predicted molar refractivity (Wildman–Crippen MR) is 313 cm³/mol. The highest BCUT2D eigenvalue weighted by molar-refractivity contribution is 6.30. The summed E-state index contributed by atoms with van der Waals surface area (Å²) in [5.41, 5.74) is 9.60. The molecule has 4 aromatic carbocycles. The van der Waals surface area contributed by atoms with E-state index in [2.05, 4.69) is 24.3 Å². The first-order valence-electron chi connectivity index (χ1n) is 26.7. The number of carbonyl (C=O) groups excluding carboxylic acids is 3. The molecule has 0 radical (unpaired) electrons. The number of nitrogens with zero attached hydrogens (tertiary/aromatic N) is 2. The topological polar surface area (TPSA) is 123 Å². The average Bonchev–Trinajstić information content (AvgIpc) is 3.37. The molecule has 76 heavy (non-hydrogen) atoms. The molecule has 2 saturated heterocycles. The van der Waals surface area contributed by atoms with E-state index in [1.165, 1.54) is 12.8 Å².